The number of benzene rings is 3. The third-order valence-electron chi connectivity index (χ3n) is 5.85. The molecule has 5 rings (SSSR count). The molecular weight excluding hydrogens is 418 g/mol. The van der Waals surface area contributed by atoms with E-state index in [1.807, 2.05) is 48.5 Å². The van der Waals surface area contributed by atoms with Crippen LogP contribution < -0.4 is 9.47 Å². The molecule has 1 aromatic heterocycles. The number of piperidine rings is 1. The van der Waals surface area contributed by atoms with Crippen molar-refractivity contribution in [2.75, 3.05) is 26.2 Å². The summed E-state index contributed by atoms with van der Waals surface area (Å²) in [6, 6.07) is 23.4. The van der Waals surface area contributed by atoms with Crippen LogP contribution in [0.3, 0.4) is 0 Å². The monoisotopic (exact) mass is 445 g/mol. The highest BCUT2D eigenvalue weighted by Crippen LogP contribution is 2.46. The summed E-state index contributed by atoms with van der Waals surface area (Å²) < 4.78 is 13.5. The fourth-order valence-electron chi connectivity index (χ4n) is 4.12. The van der Waals surface area contributed by atoms with Crippen LogP contribution in [0.15, 0.2) is 72.8 Å². The van der Waals surface area contributed by atoms with Crippen molar-refractivity contribution in [2.45, 2.75) is 19.3 Å². The number of nitrogens with zero attached hydrogens (tertiary/aromatic N) is 1. The Bertz CT molecular complexity index is 1160. The maximum absolute atomic E-state index is 9.67. The fourth-order valence-corrected chi connectivity index (χ4v) is 5.26. The lowest BCUT2D eigenvalue weighted by molar-refractivity contribution is 0.183. The maximum atomic E-state index is 9.67. The Balaban J connectivity index is 1.31. The third kappa shape index (κ3) is 4.74. The summed E-state index contributed by atoms with van der Waals surface area (Å²) in [7, 11) is 0. The van der Waals surface area contributed by atoms with Crippen LogP contribution in [0.25, 0.3) is 20.5 Å². The van der Waals surface area contributed by atoms with Gasteiger partial charge in [-0.25, -0.2) is 0 Å². The van der Waals surface area contributed by atoms with Crippen LogP contribution in [0.5, 0.6) is 23.0 Å². The molecule has 5 heteroatoms. The third-order valence-corrected chi connectivity index (χ3v) is 7.05. The summed E-state index contributed by atoms with van der Waals surface area (Å²) >= 11 is 1.69. The van der Waals surface area contributed by atoms with Crippen molar-refractivity contribution in [3.8, 4) is 33.4 Å². The van der Waals surface area contributed by atoms with Gasteiger partial charge in [0, 0.05) is 16.6 Å². The van der Waals surface area contributed by atoms with Gasteiger partial charge in [0.2, 0.25) is 0 Å². The largest absolute Gasteiger partial charge is 0.508 e. The van der Waals surface area contributed by atoms with Crippen LogP contribution in [0.4, 0.5) is 0 Å². The van der Waals surface area contributed by atoms with Crippen LogP contribution in [0, 0.1) is 0 Å². The van der Waals surface area contributed by atoms with E-state index >= 15 is 0 Å². The Morgan fingerprint density at radius 2 is 1.53 bits per heavy atom. The predicted octanol–water partition coefficient (Wildman–Crippen LogP) is 6.93. The zero-order chi connectivity index (χ0) is 21.8. The minimum absolute atomic E-state index is 0.258. The normalized spacial score (nSPS) is 14.5. The van der Waals surface area contributed by atoms with Gasteiger partial charge in [0.25, 0.3) is 0 Å². The molecule has 1 aliphatic heterocycles. The van der Waals surface area contributed by atoms with Crippen molar-refractivity contribution in [1.82, 2.24) is 4.90 Å². The Morgan fingerprint density at radius 3 is 2.31 bits per heavy atom. The minimum Gasteiger partial charge on any atom is -0.508 e. The molecule has 0 atom stereocenters. The van der Waals surface area contributed by atoms with Crippen molar-refractivity contribution in [2.24, 2.45) is 0 Å². The van der Waals surface area contributed by atoms with Gasteiger partial charge in [-0.3, -0.25) is 4.90 Å². The number of hydrogen-bond donors (Lipinski definition) is 1. The Hall–Kier alpha value is -3.02. The quantitative estimate of drug-likeness (QED) is 0.335. The molecule has 0 unspecified atom stereocenters. The van der Waals surface area contributed by atoms with Gasteiger partial charge in [-0.15, -0.1) is 11.3 Å². The molecule has 0 bridgehead atoms. The van der Waals surface area contributed by atoms with Crippen molar-refractivity contribution in [3.63, 3.8) is 0 Å². The van der Waals surface area contributed by atoms with Crippen LogP contribution in [-0.2, 0) is 0 Å². The van der Waals surface area contributed by atoms with E-state index in [1.54, 1.807) is 23.5 Å². The van der Waals surface area contributed by atoms with E-state index in [2.05, 4.69) is 17.0 Å². The first-order chi connectivity index (χ1) is 15.8. The molecule has 32 heavy (non-hydrogen) atoms. The van der Waals surface area contributed by atoms with E-state index in [0.717, 1.165) is 39.6 Å². The molecule has 1 N–H and O–H groups in total. The summed E-state index contributed by atoms with van der Waals surface area (Å²) in [5, 5.41) is 10.8. The van der Waals surface area contributed by atoms with Gasteiger partial charge in [-0.1, -0.05) is 18.6 Å². The maximum Gasteiger partial charge on any atom is 0.153 e. The molecule has 2 heterocycles. The summed E-state index contributed by atoms with van der Waals surface area (Å²) in [6.07, 6.45) is 3.96. The van der Waals surface area contributed by atoms with Crippen LogP contribution in [-0.4, -0.2) is 36.2 Å². The van der Waals surface area contributed by atoms with Crippen molar-refractivity contribution in [3.05, 3.63) is 72.8 Å². The topological polar surface area (TPSA) is 41.9 Å². The molecule has 0 radical (unpaired) electrons. The smallest absolute Gasteiger partial charge is 0.153 e. The molecule has 0 saturated carbocycles. The van der Waals surface area contributed by atoms with E-state index in [9.17, 15) is 5.11 Å². The molecule has 0 aliphatic carbocycles. The van der Waals surface area contributed by atoms with Gasteiger partial charge in [0.15, 0.2) is 5.75 Å². The number of phenols is 1. The number of hydrogen-bond acceptors (Lipinski definition) is 5. The summed E-state index contributed by atoms with van der Waals surface area (Å²) in [5.41, 5.74) is 1.02. The molecular formula is C27H27NO3S. The lowest BCUT2D eigenvalue weighted by Gasteiger charge is -2.26. The van der Waals surface area contributed by atoms with Gasteiger partial charge in [0.1, 0.15) is 23.9 Å². The highest BCUT2D eigenvalue weighted by atomic mass is 32.1. The zero-order valence-corrected chi connectivity index (χ0v) is 18.8. The van der Waals surface area contributed by atoms with Crippen molar-refractivity contribution >= 4 is 21.4 Å². The number of rotatable bonds is 7. The van der Waals surface area contributed by atoms with E-state index < -0.39 is 0 Å². The lowest BCUT2D eigenvalue weighted by Crippen LogP contribution is -2.33. The van der Waals surface area contributed by atoms with Crippen LogP contribution in [0.1, 0.15) is 19.3 Å². The first-order valence-corrected chi connectivity index (χ1v) is 12.0. The van der Waals surface area contributed by atoms with Gasteiger partial charge >= 0.3 is 0 Å². The highest BCUT2D eigenvalue weighted by molar-refractivity contribution is 7.22. The molecule has 1 aliphatic rings. The number of ether oxygens (including phenoxy) is 2. The van der Waals surface area contributed by atoms with E-state index in [1.165, 1.54) is 37.1 Å². The number of likely N-dealkylation sites (tertiary alicyclic amines) is 1. The van der Waals surface area contributed by atoms with Crippen LogP contribution in [0.2, 0.25) is 0 Å². The zero-order valence-electron chi connectivity index (χ0n) is 18.0. The van der Waals surface area contributed by atoms with Gasteiger partial charge in [-0.05, 0) is 92.2 Å². The summed E-state index contributed by atoms with van der Waals surface area (Å²) in [5.74, 6) is 2.74. The molecule has 4 aromatic rings. The fraction of sp³-hybridized carbons (Fsp3) is 0.259. The number of aromatic hydroxyl groups is 1. The van der Waals surface area contributed by atoms with Gasteiger partial charge < -0.3 is 14.6 Å². The van der Waals surface area contributed by atoms with Gasteiger partial charge in [-0.2, -0.15) is 0 Å². The molecule has 4 nitrogen and oxygen atoms in total. The second kappa shape index (κ2) is 9.63. The summed E-state index contributed by atoms with van der Waals surface area (Å²) in [4.78, 5) is 3.53. The average molecular weight is 446 g/mol. The average Bonchev–Trinajstić information content (AvgIpc) is 3.20. The van der Waals surface area contributed by atoms with Crippen molar-refractivity contribution in [1.29, 1.82) is 0 Å². The standard InChI is InChI=1S/C27H27NO3S/c29-21-10-8-20(9-11-21)27-26(24-6-2-3-7-25(24)32-27)31-23-14-12-22(13-15-23)30-19-18-28-16-4-1-5-17-28/h2-3,6-15,29H,1,4-5,16-19H2. The predicted molar refractivity (Wildman–Crippen MR) is 131 cm³/mol. The Labute approximate surface area is 192 Å². The SMILES string of the molecule is Oc1ccc(-c2sc3ccccc3c2Oc2ccc(OCCN3CCCCC3)cc2)cc1. The number of fused-ring (bicyclic) bond motifs is 1. The van der Waals surface area contributed by atoms with Gasteiger partial charge in [0.05, 0.1) is 4.88 Å². The first-order valence-electron chi connectivity index (χ1n) is 11.2. The Kier molecular flexibility index (Phi) is 6.28. The molecule has 3 aromatic carbocycles. The molecule has 1 saturated heterocycles. The lowest BCUT2D eigenvalue weighted by atomic mass is 10.1. The highest BCUT2D eigenvalue weighted by Gasteiger charge is 2.16. The Morgan fingerprint density at radius 1 is 0.812 bits per heavy atom. The van der Waals surface area contributed by atoms with E-state index in [-0.39, 0.29) is 5.75 Å². The van der Waals surface area contributed by atoms with Crippen molar-refractivity contribution < 1.29 is 14.6 Å². The van der Waals surface area contributed by atoms with Crippen LogP contribution >= 0.6 is 11.3 Å². The molecule has 164 valence electrons. The molecule has 0 spiro atoms. The first kappa shape index (κ1) is 20.9. The molecule has 0 amide bonds. The second-order valence-electron chi connectivity index (χ2n) is 8.13. The summed E-state index contributed by atoms with van der Waals surface area (Å²) in [6.45, 7) is 4.07. The number of phenolic OH excluding ortho intramolecular Hbond substituents is 1. The van der Waals surface area contributed by atoms with E-state index in [4.69, 9.17) is 9.47 Å². The second-order valence-corrected chi connectivity index (χ2v) is 9.18. The van der Waals surface area contributed by atoms with E-state index in [0.29, 0.717) is 6.61 Å². The minimum atomic E-state index is 0.258. The molecule has 1 fully saturated rings. The number of thiophene rings is 1.